The van der Waals surface area contributed by atoms with Gasteiger partial charge in [0, 0.05) is 18.8 Å². The van der Waals surface area contributed by atoms with Crippen molar-refractivity contribution in [2.45, 2.75) is 30.9 Å². The van der Waals surface area contributed by atoms with E-state index in [-0.39, 0.29) is 0 Å². The molecule has 1 heterocycles. The van der Waals surface area contributed by atoms with Gasteiger partial charge >= 0.3 is 0 Å². The topological polar surface area (TPSA) is 61.8 Å². The molecule has 4 nitrogen and oxygen atoms in total. The van der Waals surface area contributed by atoms with E-state index < -0.39 is 5.60 Å². The van der Waals surface area contributed by atoms with E-state index in [0.717, 1.165) is 17.9 Å². The second kappa shape index (κ2) is 4.22. The number of aliphatic hydroxyl groups is 1. The Morgan fingerprint density at radius 1 is 1.67 bits per heavy atom. The van der Waals surface area contributed by atoms with Crippen molar-refractivity contribution in [1.82, 2.24) is 4.90 Å². The number of nitrogens with zero attached hydrogens (tertiary/aromatic N) is 2. The lowest BCUT2D eigenvalue weighted by molar-refractivity contribution is 0.0777. The molecular weight excluding hydrogens is 210 g/mol. The molecule has 1 aliphatic carbocycles. The molecule has 1 saturated carbocycles. The van der Waals surface area contributed by atoms with Gasteiger partial charge in [-0.2, -0.15) is 11.8 Å². The summed E-state index contributed by atoms with van der Waals surface area (Å²) in [5, 5.41) is 10.1. The van der Waals surface area contributed by atoms with Crippen molar-refractivity contribution in [3.63, 3.8) is 0 Å². The minimum absolute atomic E-state index is 0.447. The Kier molecular flexibility index (Phi) is 3.11. The first-order chi connectivity index (χ1) is 7.11. The van der Waals surface area contributed by atoms with Crippen molar-refractivity contribution < 1.29 is 5.11 Å². The Morgan fingerprint density at radius 2 is 2.40 bits per heavy atom. The predicted octanol–water partition coefficient (Wildman–Crippen LogP) is 0.263. The lowest BCUT2D eigenvalue weighted by Crippen LogP contribution is -2.39. The maximum atomic E-state index is 10.1. The van der Waals surface area contributed by atoms with E-state index in [1.165, 1.54) is 12.8 Å². The second-order valence-electron chi connectivity index (χ2n) is 4.54. The highest BCUT2D eigenvalue weighted by Crippen LogP contribution is 2.28. The normalized spacial score (nSPS) is 32.0. The van der Waals surface area contributed by atoms with E-state index in [9.17, 15) is 5.11 Å². The number of hydrogen-bond donors (Lipinski definition) is 2. The fourth-order valence-corrected chi connectivity index (χ4v) is 2.99. The van der Waals surface area contributed by atoms with Crippen LogP contribution in [0.1, 0.15) is 19.3 Å². The van der Waals surface area contributed by atoms with E-state index in [1.54, 1.807) is 11.8 Å². The predicted molar refractivity (Wildman–Crippen MR) is 64.2 cm³/mol. The zero-order valence-corrected chi connectivity index (χ0v) is 9.96. The molecule has 1 unspecified atom stereocenters. The summed E-state index contributed by atoms with van der Waals surface area (Å²) >= 11 is 1.79. The minimum Gasteiger partial charge on any atom is -0.387 e. The third-order valence-corrected chi connectivity index (χ3v) is 4.31. The number of guanidine groups is 1. The van der Waals surface area contributed by atoms with Crippen LogP contribution < -0.4 is 5.73 Å². The van der Waals surface area contributed by atoms with Crippen molar-refractivity contribution in [3.05, 3.63) is 0 Å². The summed E-state index contributed by atoms with van der Waals surface area (Å²) in [7, 11) is 1.98. The Morgan fingerprint density at radius 3 is 2.93 bits per heavy atom. The van der Waals surface area contributed by atoms with Gasteiger partial charge in [-0.3, -0.25) is 4.99 Å². The SMILES string of the molecule is CN(C(N)=NCC1(O)CCSC1)C1CC1. The summed E-state index contributed by atoms with van der Waals surface area (Å²) in [6.07, 6.45) is 3.27. The highest BCUT2D eigenvalue weighted by molar-refractivity contribution is 7.99. The highest BCUT2D eigenvalue weighted by Gasteiger charge is 2.32. The van der Waals surface area contributed by atoms with Gasteiger partial charge in [0.25, 0.3) is 0 Å². The molecule has 86 valence electrons. The van der Waals surface area contributed by atoms with Gasteiger partial charge < -0.3 is 15.7 Å². The number of hydrogen-bond acceptors (Lipinski definition) is 3. The lowest BCUT2D eigenvalue weighted by atomic mass is 10.1. The van der Waals surface area contributed by atoms with Crippen molar-refractivity contribution in [2.24, 2.45) is 10.7 Å². The monoisotopic (exact) mass is 229 g/mol. The van der Waals surface area contributed by atoms with Crippen LogP contribution in [0, 0.1) is 0 Å². The summed E-state index contributed by atoms with van der Waals surface area (Å²) in [4.78, 5) is 6.32. The number of aliphatic imine (C=N–C) groups is 1. The van der Waals surface area contributed by atoms with Crippen LogP contribution >= 0.6 is 11.8 Å². The molecule has 0 spiro atoms. The molecule has 0 aromatic carbocycles. The van der Waals surface area contributed by atoms with E-state index in [0.29, 0.717) is 18.5 Å². The molecule has 0 radical (unpaired) electrons. The maximum Gasteiger partial charge on any atom is 0.191 e. The van der Waals surface area contributed by atoms with Crippen LogP contribution in [0.3, 0.4) is 0 Å². The molecule has 0 bridgehead atoms. The smallest absolute Gasteiger partial charge is 0.191 e. The number of nitrogens with two attached hydrogens (primary N) is 1. The minimum atomic E-state index is -0.611. The molecule has 1 atom stereocenters. The molecule has 3 N–H and O–H groups in total. The molecule has 2 aliphatic rings. The van der Waals surface area contributed by atoms with Crippen LogP contribution in [-0.2, 0) is 0 Å². The summed E-state index contributed by atoms with van der Waals surface area (Å²) in [5.41, 5.74) is 5.24. The Hall–Kier alpha value is -0.420. The largest absolute Gasteiger partial charge is 0.387 e. The van der Waals surface area contributed by atoms with Gasteiger partial charge in [0.05, 0.1) is 12.1 Å². The zero-order chi connectivity index (χ0) is 10.9. The van der Waals surface area contributed by atoms with Gasteiger partial charge in [0.1, 0.15) is 0 Å². The second-order valence-corrected chi connectivity index (χ2v) is 5.65. The third-order valence-electron chi connectivity index (χ3n) is 3.07. The standard InChI is InChI=1S/C10H19N3OS/c1-13(8-2-3-8)9(11)12-6-10(14)4-5-15-7-10/h8,14H,2-7H2,1H3,(H2,11,12). The van der Waals surface area contributed by atoms with Crippen molar-refractivity contribution in [1.29, 1.82) is 0 Å². The first-order valence-corrected chi connectivity index (χ1v) is 6.59. The molecule has 2 fully saturated rings. The number of rotatable bonds is 3. The fraction of sp³-hybridized carbons (Fsp3) is 0.900. The average Bonchev–Trinajstić information content (AvgIpc) is 2.98. The van der Waals surface area contributed by atoms with E-state index in [2.05, 4.69) is 4.99 Å². The van der Waals surface area contributed by atoms with Crippen molar-refractivity contribution in [2.75, 3.05) is 25.1 Å². The molecule has 0 aromatic heterocycles. The summed E-state index contributed by atoms with van der Waals surface area (Å²) < 4.78 is 0. The van der Waals surface area contributed by atoms with Crippen LogP contribution in [0.25, 0.3) is 0 Å². The van der Waals surface area contributed by atoms with Gasteiger partial charge in [-0.05, 0) is 25.0 Å². The van der Waals surface area contributed by atoms with Crippen LogP contribution in [0.4, 0.5) is 0 Å². The molecule has 1 aliphatic heterocycles. The van der Waals surface area contributed by atoms with E-state index >= 15 is 0 Å². The first-order valence-electron chi connectivity index (χ1n) is 5.44. The Bertz CT molecular complexity index is 259. The van der Waals surface area contributed by atoms with Crippen LogP contribution in [0.2, 0.25) is 0 Å². The molecule has 0 aromatic rings. The molecule has 2 rings (SSSR count). The van der Waals surface area contributed by atoms with Crippen molar-refractivity contribution in [3.8, 4) is 0 Å². The van der Waals surface area contributed by atoms with E-state index in [4.69, 9.17) is 5.73 Å². The van der Waals surface area contributed by atoms with Gasteiger partial charge in [0.2, 0.25) is 0 Å². The van der Waals surface area contributed by atoms with Crippen LogP contribution in [-0.4, -0.2) is 52.7 Å². The zero-order valence-electron chi connectivity index (χ0n) is 9.15. The number of thioether (sulfide) groups is 1. The van der Waals surface area contributed by atoms with E-state index in [1.807, 2.05) is 11.9 Å². The quantitative estimate of drug-likeness (QED) is 0.538. The van der Waals surface area contributed by atoms with Crippen molar-refractivity contribution >= 4 is 17.7 Å². The van der Waals surface area contributed by atoms with Gasteiger partial charge in [-0.15, -0.1) is 0 Å². The van der Waals surface area contributed by atoms with Crippen LogP contribution in [0.15, 0.2) is 4.99 Å². The Balaban J connectivity index is 1.86. The van der Waals surface area contributed by atoms with Crippen LogP contribution in [0.5, 0.6) is 0 Å². The summed E-state index contributed by atoms with van der Waals surface area (Å²) in [6, 6.07) is 0.585. The summed E-state index contributed by atoms with van der Waals surface area (Å²) in [6.45, 7) is 0.447. The Labute approximate surface area is 94.9 Å². The van der Waals surface area contributed by atoms with Gasteiger partial charge in [0.15, 0.2) is 5.96 Å². The summed E-state index contributed by atoms with van der Waals surface area (Å²) in [5.74, 6) is 2.39. The molecule has 0 amide bonds. The lowest BCUT2D eigenvalue weighted by Gasteiger charge is -2.21. The molecule has 5 heteroatoms. The van der Waals surface area contributed by atoms with Gasteiger partial charge in [-0.25, -0.2) is 0 Å². The first kappa shape index (κ1) is 11.1. The molecular formula is C10H19N3OS. The fourth-order valence-electron chi connectivity index (χ4n) is 1.71. The molecule has 15 heavy (non-hydrogen) atoms. The maximum absolute atomic E-state index is 10.1. The average molecular weight is 229 g/mol. The highest BCUT2D eigenvalue weighted by atomic mass is 32.2. The third kappa shape index (κ3) is 2.78. The van der Waals surface area contributed by atoms with Gasteiger partial charge in [-0.1, -0.05) is 0 Å². The molecule has 1 saturated heterocycles.